The number of carbonyl (C=O) groups excluding carboxylic acids is 1. The number of methoxy groups -OCH3 is 1. The Morgan fingerprint density at radius 3 is 2.68 bits per heavy atom. The SMILES string of the molecule is C=N/C(C(=O)OC)=C(\C=C(/C)C#Cc1ccccc1NS(=O)(=O)C1=C(CC)CC=Cc2cccnc21)CC. The Hall–Kier alpha value is -4.22. The van der Waals surface area contributed by atoms with Crippen molar-refractivity contribution in [3.05, 3.63) is 94.0 Å². The molecule has 8 heteroatoms. The number of esters is 1. The number of hydrogen-bond acceptors (Lipinski definition) is 6. The second-order valence-corrected chi connectivity index (χ2v) is 10.1. The molecular weight excluding hydrogens is 498 g/mol. The average Bonchev–Trinajstić information content (AvgIpc) is 3.11. The summed E-state index contributed by atoms with van der Waals surface area (Å²) in [7, 11) is -2.69. The van der Waals surface area contributed by atoms with Crippen molar-refractivity contribution in [3.63, 3.8) is 0 Å². The smallest absolute Gasteiger partial charge is 0.356 e. The highest BCUT2D eigenvalue weighted by Crippen LogP contribution is 2.34. The van der Waals surface area contributed by atoms with E-state index < -0.39 is 16.0 Å². The third-order valence-corrected chi connectivity index (χ3v) is 7.42. The lowest BCUT2D eigenvalue weighted by atomic mass is 10.1. The highest BCUT2D eigenvalue weighted by Gasteiger charge is 2.27. The summed E-state index contributed by atoms with van der Waals surface area (Å²) < 4.78 is 35.0. The van der Waals surface area contributed by atoms with Crippen LogP contribution in [-0.2, 0) is 19.6 Å². The van der Waals surface area contributed by atoms with Gasteiger partial charge in [0.05, 0.1) is 18.5 Å². The van der Waals surface area contributed by atoms with Crippen LogP contribution in [0.1, 0.15) is 56.9 Å². The predicted molar refractivity (Wildman–Crippen MR) is 154 cm³/mol. The quantitative estimate of drug-likeness (QED) is 0.151. The number of fused-ring (bicyclic) bond motifs is 1. The van der Waals surface area contributed by atoms with Gasteiger partial charge in [-0.3, -0.25) is 14.7 Å². The fraction of sp³-hybridized carbons (Fsp3) is 0.233. The van der Waals surface area contributed by atoms with Crippen molar-refractivity contribution >= 4 is 39.4 Å². The fourth-order valence-corrected chi connectivity index (χ4v) is 5.63. The third-order valence-electron chi connectivity index (χ3n) is 5.91. The summed E-state index contributed by atoms with van der Waals surface area (Å²) in [6.45, 7) is 9.09. The van der Waals surface area contributed by atoms with E-state index in [1.54, 1.807) is 49.5 Å². The van der Waals surface area contributed by atoms with Gasteiger partial charge in [0.15, 0.2) is 5.70 Å². The molecule has 196 valence electrons. The minimum atomic E-state index is -3.98. The van der Waals surface area contributed by atoms with Crippen LogP contribution < -0.4 is 4.72 Å². The van der Waals surface area contributed by atoms with Gasteiger partial charge >= 0.3 is 5.97 Å². The third kappa shape index (κ3) is 6.55. The van der Waals surface area contributed by atoms with Crippen molar-refractivity contribution in [1.29, 1.82) is 0 Å². The maximum absolute atomic E-state index is 13.8. The van der Waals surface area contributed by atoms with Crippen LogP contribution in [0.4, 0.5) is 5.69 Å². The molecule has 0 unspecified atom stereocenters. The maximum Gasteiger partial charge on any atom is 0.356 e. The van der Waals surface area contributed by atoms with Gasteiger partial charge in [-0.05, 0) is 73.9 Å². The molecule has 0 fully saturated rings. The molecule has 0 saturated heterocycles. The van der Waals surface area contributed by atoms with Gasteiger partial charge in [0.1, 0.15) is 4.91 Å². The molecule has 1 heterocycles. The molecule has 1 aromatic carbocycles. The van der Waals surface area contributed by atoms with Gasteiger partial charge < -0.3 is 4.74 Å². The first kappa shape index (κ1) is 28.4. The van der Waals surface area contributed by atoms with E-state index in [9.17, 15) is 13.2 Å². The molecule has 0 spiro atoms. The van der Waals surface area contributed by atoms with Crippen molar-refractivity contribution < 1.29 is 17.9 Å². The monoisotopic (exact) mass is 529 g/mol. The molecule has 1 N–H and O–H groups in total. The lowest BCUT2D eigenvalue weighted by molar-refractivity contribution is -0.136. The zero-order valence-corrected chi connectivity index (χ0v) is 22.9. The molecule has 0 radical (unpaired) electrons. The Bertz CT molecular complexity index is 1530. The van der Waals surface area contributed by atoms with E-state index in [-0.39, 0.29) is 10.6 Å². The lowest BCUT2D eigenvalue weighted by Gasteiger charge is -2.16. The number of carbonyl (C=O) groups is 1. The molecule has 0 bridgehead atoms. The molecule has 1 aliphatic carbocycles. The summed E-state index contributed by atoms with van der Waals surface area (Å²) in [6.07, 6.45) is 8.84. The Kier molecular flexibility index (Phi) is 9.58. The number of sulfonamides is 1. The van der Waals surface area contributed by atoms with Crippen LogP contribution in [0.15, 0.2) is 82.2 Å². The summed E-state index contributed by atoms with van der Waals surface area (Å²) in [5, 5.41) is 0. The van der Waals surface area contributed by atoms with Gasteiger partial charge in [-0.25, -0.2) is 13.2 Å². The molecule has 3 rings (SSSR count). The van der Waals surface area contributed by atoms with Gasteiger partial charge in [0.25, 0.3) is 10.0 Å². The van der Waals surface area contributed by atoms with E-state index >= 15 is 0 Å². The number of nitrogens with zero attached hydrogens (tertiary/aromatic N) is 2. The topological polar surface area (TPSA) is 97.7 Å². The number of pyridine rings is 1. The molecule has 0 aliphatic heterocycles. The first-order valence-corrected chi connectivity index (χ1v) is 13.7. The van der Waals surface area contributed by atoms with Crippen molar-refractivity contribution in [2.24, 2.45) is 4.99 Å². The number of aliphatic imine (C=N–C) groups is 1. The molecule has 0 saturated carbocycles. The molecular formula is C30H31N3O4S. The first-order valence-electron chi connectivity index (χ1n) is 12.2. The van der Waals surface area contributed by atoms with Crippen LogP contribution in [0.3, 0.4) is 0 Å². The van der Waals surface area contributed by atoms with Crippen LogP contribution in [0.5, 0.6) is 0 Å². The zero-order valence-electron chi connectivity index (χ0n) is 22.0. The Labute approximate surface area is 224 Å². The van der Waals surface area contributed by atoms with Gasteiger partial charge in [-0.2, -0.15) is 0 Å². The highest BCUT2D eigenvalue weighted by atomic mass is 32.2. The maximum atomic E-state index is 13.8. The summed E-state index contributed by atoms with van der Waals surface area (Å²) in [5.41, 5.74) is 4.27. The van der Waals surface area contributed by atoms with Crippen LogP contribution in [0.25, 0.3) is 11.0 Å². The van der Waals surface area contributed by atoms with E-state index in [0.717, 1.165) is 11.1 Å². The summed E-state index contributed by atoms with van der Waals surface area (Å²) in [5.74, 6) is 5.52. The minimum Gasteiger partial charge on any atom is -0.464 e. The number of aromatic nitrogens is 1. The number of benzene rings is 1. The number of hydrogen-bond donors (Lipinski definition) is 1. The zero-order chi connectivity index (χ0) is 27.7. The second kappa shape index (κ2) is 12.8. The van der Waals surface area contributed by atoms with Crippen molar-refractivity contribution in [2.45, 2.75) is 40.0 Å². The van der Waals surface area contributed by atoms with Gasteiger partial charge in [-0.1, -0.05) is 56.0 Å². The Morgan fingerprint density at radius 2 is 2.00 bits per heavy atom. The molecule has 0 amide bonds. The normalized spacial score (nSPS) is 13.9. The number of rotatable bonds is 8. The molecule has 7 nitrogen and oxygen atoms in total. The van der Waals surface area contributed by atoms with Gasteiger partial charge in [0, 0.05) is 17.3 Å². The molecule has 0 atom stereocenters. The van der Waals surface area contributed by atoms with Crippen LogP contribution >= 0.6 is 0 Å². The number of allylic oxidation sites excluding steroid dienone is 5. The fourth-order valence-electron chi connectivity index (χ4n) is 4.02. The van der Waals surface area contributed by atoms with E-state index in [0.29, 0.717) is 47.4 Å². The largest absolute Gasteiger partial charge is 0.464 e. The van der Waals surface area contributed by atoms with Crippen LogP contribution in [-0.4, -0.2) is 33.2 Å². The molecule has 2 aromatic rings. The Morgan fingerprint density at radius 1 is 1.24 bits per heavy atom. The van der Waals surface area contributed by atoms with E-state index in [4.69, 9.17) is 4.74 Å². The summed E-state index contributed by atoms with van der Waals surface area (Å²) in [4.78, 5) is 20.4. The van der Waals surface area contributed by atoms with Crippen molar-refractivity contribution in [3.8, 4) is 11.8 Å². The minimum absolute atomic E-state index is 0.135. The lowest BCUT2D eigenvalue weighted by Crippen LogP contribution is -2.18. The van der Waals surface area contributed by atoms with E-state index in [1.165, 1.54) is 7.11 Å². The highest BCUT2D eigenvalue weighted by molar-refractivity contribution is 8.01. The van der Waals surface area contributed by atoms with Crippen LogP contribution in [0, 0.1) is 11.8 Å². The van der Waals surface area contributed by atoms with E-state index in [2.05, 4.69) is 33.3 Å². The number of anilines is 1. The predicted octanol–water partition coefficient (Wildman–Crippen LogP) is 5.90. The number of para-hydroxylation sites is 1. The standard InChI is InChI=1S/C30H31N3O4S/c1-6-22-13-10-14-25-15-11-19-32-27(25)29(22)38(35,36)33-26-16-9-8-12-24(26)18-17-21(3)20-23(7-2)28(31-4)30(34)37-5/h8-12,14-16,19-20,33H,4,6-7,13H2,1-3,5H3/b21-20+,28-23-. The average molecular weight is 530 g/mol. The summed E-state index contributed by atoms with van der Waals surface area (Å²) >= 11 is 0. The molecule has 1 aliphatic rings. The second-order valence-electron chi connectivity index (χ2n) is 8.44. The number of nitrogens with one attached hydrogen (secondary N) is 1. The Balaban J connectivity index is 2.01. The summed E-state index contributed by atoms with van der Waals surface area (Å²) in [6, 6.07) is 10.6. The molecule has 38 heavy (non-hydrogen) atoms. The van der Waals surface area contributed by atoms with Crippen molar-refractivity contribution in [1.82, 2.24) is 4.98 Å². The first-order chi connectivity index (χ1) is 18.2. The molecule has 1 aromatic heterocycles. The van der Waals surface area contributed by atoms with Gasteiger partial charge in [0.2, 0.25) is 0 Å². The number of ether oxygens (including phenoxy) is 1. The van der Waals surface area contributed by atoms with Crippen molar-refractivity contribution in [2.75, 3.05) is 11.8 Å². The van der Waals surface area contributed by atoms with Crippen LogP contribution in [0.2, 0.25) is 0 Å². The van der Waals surface area contributed by atoms with E-state index in [1.807, 2.05) is 32.1 Å². The van der Waals surface area contributed by atoms with Gasteiger partial charge in [-0.15, -0.1) is 0 Å².